The van der Waals surface area contributed by atoms with Crippen LogP contribution in [0.5, 0.6) is 0 Å². The lowest BCUT2D eigenvalue weighted by atomic mass is 9.99. The van der Waals surface area contributed by atoms with E-state index in [-0.39, 0.29) is 42.3 Å². The molecular formula is C42H47FN8O4. The van der Waals surface area contributed by atoms with Gasteiger partial charge >= 0.3 is 0 Å². The highest BCUT2D eigenvalue weighted by molar-refractivity contribution is 5.99. The Morgan fingerprint density at radius 1 is 1.02 bits per heavy atom. The number of pyridine rings is 1. The number of amides is 3. The average Bonchev–Trinajstić information content (AvgIpc) is 3.62. The van der Waals surface area contributed by atoms with E-state index in [4.69, 9.17) is 15.5 Å². The number of benzene rings is 3. The van der Waals surface area contributed by atoms with Gasteiger partial charge in [-0.15, -0.1) is 0 Å². The Kier molecular flexibility index (Phi) is 11.5. The molecule has 4 N–H and O–H groups in total. The molecule has 0 saturated carbocycles. The molecule has 2 aliphatic heterocycles. The van der Waals surface area contributed by atoms with Gasteiger partial charge in [0.25, 0.3) is 5.91 Å². The van der Waals surface area contributed by atoms with Crippen molar-refractivity contribution in [3.8, 4) is 11.1 Å². The predicted octanol–water partition coefficient (Wildman–Crippen LogP) is 5.28. The van der Waals surface area contributed by atoms with E-state index in [1.165, 1.54) is 12.1 Å². The summed E-state index contributed by atoms with van der Waals surface area (Å²) in [6, 6.07) is 19.2. The van der Waals surface area contributed by atoms with E-state index in [9.17, 15) is 14.4 Å². The Balaban J connectivity index is 1.27. The van der Waals surface area contributed by atoms with Gasteiger partial charge in [0.2, 0.25) is 11.8 Å². The number of piperazine rings is 1. The number of hydrogen-bond donors (Lipinski definition) is 3. The first-order chi connectivity index (χ1) is 26.7. The third kappa shape index (κ3) is 8.53. The van der Waals surface area contributed by atoms with E-state index in [0.717, 1.165) is 58.5 Å². The van der Waals surface area contributed by atoms with Crippen LogP contribution in [0.3, 0.4) is 0 Å². The maximum atomic E-state index is 15.7. The standard InChI is InChI=1S/C42H47FN8O4/c1-3-37-35(39(47-32-13-17-55-18-14-32)34-22-46-51(4-2)41(34)48-37)25-50(42(54)31-10-6-9-30(21-31)40(44)53)24-28-11-12-36(43)33(20-28)29-8-5-7-27(19-29)23-49-16-15-45-38(52)26-49/h5-12,19-22,32H,3-4,13-18,23-26H2,1-2H3,(H2,44,53)(H,45,52)(H,47,48). The Morgan fingerprint density at radius 2 is 1.82 bits per heavy atom. The molecular weight excluding hydrogens is 700 g/mol. The van der Waals surface area contributed by atoms with Gasteiger partial charge in [-0.3, -0.25) is 19.3 Å². The van der Waals surface area contributed by atoms with Crippen LogP contribution in [0.1, 0.15) is 69.8 Å². The fourth-order valence-electron chi connectivity index (χ4n) is 7.49. The van der Waals surface area contributed by atoms with Crippen LogP contribution >= 0.6 is 0 Å². The molecule has 3 amide bonds. The highest BCUT2D eigenvalue weighted by Crippen LogP contribution is 2.34. The first kappa shape index (κ1) is 37.6. The molecule has 5 aromatic rings. The molecule has 286 valence electrons. The van der Waals surface area contributed by atoms with Crippen molar-refractivity contribution in [2.75, 3.05) is 38.2 Å². The first-order valence-corrected chi connectivity index (χ1v) is 19.0. The molecule has 0 spiro atoms. The normalized spacial score (nSPS) is 15.2. The van der Waals surface area contributed by atoms with Gasteiger partial charge in [0, 0.05) is 79.9 Å². The van der Waals surface area contributed by atoms with Gasteiger partial charge in [-0.05, 0) is 79.3 Å². The van der Waals surface area contributed by atoms with Crippen molar-refractivity contribution < 1.29 is 23.5 Å². The molecule has 0 aliphatic carbocycles. The van der Waals surface area contributed by atoms with Crippen LogP contribution < -0.4 is 16.4 Å². The SMILES string of the molecule is CCc1nc2c(cnn2CC)c(NC2CCOCC2)c1CN(Cc1ccc(F)c(-c2cccc(CN3CCNC(=O)C3)c2)c1)C(=O)c1cccc(C(N)=O)c1. The lowest BCUT2D eigenvalue weighted by Crippen LogP contribution is -2.47. The van der Waals surface area contributed by atoms with Crippen LogP contribution in [-0.4, -0.2) is 81.2 Å². The number of hydrogen-bond acceptors (Lipinski definition) is 8. The summed E-state index contributed by atoms with van der Waals surface area (Å²) < 4.78 is 23.2. The highest BCUT2D eigenvalue weighted by Gasteiger charge is 2.26. The van der Waals surface area contributed by atoms with Crippen molar-refractivity contribution in [2.45, 2.75) is 65.3 Å². The molecule has 2 fully saturated rings. The Labute approximate surface area is 319 Å². The molecule has 12 nitrogen and oxygen atoms in total. The number of anilines is 1. The second kappa shape index (κ2) is 16.8. The fraction of sp³-hybridized carbons (Fsp3) is 0.357. The van der Waals surface area contributed by atoms with Gasteiger partial charge < -0.3 is 26.0 Å². The monoisotopic (exact) mass is 746 g/mol. The molecule has 7 rings (SSSR count). The number of primary amides is 1. The van der Waals surface area contributed by atoms with Crippen LogP contribution in [0, 0.1) is 5.82 Å². The summed E-state index contributed by atoms with van der Waals surface area (Å²) in [7, 11) is 0. The third-order valence-electron chi connectivity index (χ3n) is 10.4. The average molecular weight is 747 g/mol. The van der Waals surface area contributed by atoms with Crippen molar-refractivity contribution in [1.29, 1.82) is 0 Å². The smallest absolute Gasteiger partial charge is 0.254 e. The van der Waals surface area contributed by atoms with Crippen LogP contribution in [0.25, 0.3) is 22.2 Å². The van der Waals surface area contributed by atoms with E-state index in [1.807, 2.05) is 49.0 Å². The third-order valence-corrected chi connectivity index (χ3v) is 10.4. The maximum Gasteiger partial charge on any atom is 0.254 e. The summed E-state index contributed by atoms with van der Waals surface area (Å²) >= 11 is 0. The lowest BCUT2D eigenvalue weighted by molar-refractivity contribution is -0.124. The predicted molar refractivity (Wildman–Crippen MR) is 209 cm³/mol. The molecule has 13 heteroatoms. The number of carbonyl (C=O) groups is 3. The fourth-order valence-corrected chi connectivity index (χ4v) is 7.49. The largest absolute Gasteiger partial charge is 0.381 e. The molecule has 0 atom stereocenters. The number of nitrogens with zero attached hydrogens (tertiary/aromatic N) is 5. The maximum absolute atomic E-state index is 15.7. The number of rotatable bonds is 13. The van der Waals surface area contributed by atoms with Crippen molar-refractivity contribution in [2.24, 2.45) is 5.73 Å². The topological polar surface area (TPSA) is 148 Å². The zero-order valence-corrected chi connectivity index (χ0v) is 31.3. The number of carbonyl (C=O) groups excluding carboxylic acids is 3. The minimum absolute atomic E-state index is 0.00844. The van der Waals surface area contributed by atoms with E-state index >= 15 is 4.39 Å². The van der Waals surface area contributed by atoms with Crippen LogP contribution in [0.4, 0.5) is 10.1 Å². The molecule has 0 unspecified atom stereocenters. The molecule has 2 aromatic heterocycles. The zero-order valence-electron chi connectivity index (χ0n) is 31.3. The van der Waals surface area contributed by atoms with Gasteiger partial charge in [0.15, 0.2) is 5.65 Å². The molecule has 2 aliphatic rings. The zero-order chi connectivity index (χ0) is 38.5. The molecule has 55 heavy (non-hydrogen) atoms. The summed E-state index contributed by atoms with van der Waals surface area (Å²) in [6.45, 7) is 8.57. The summed E-state index contributed by atoms with van der Waals surface area (Å²) in [5, 5.41) is 12.2. The van der Waals surface area contributed by atoms with Gasteiger partial charge in [-0.2, -0.15) is 5.10 Å². The van der Waals surface area contributed by atoms with Gasteiger partial charge in [-0.1, -0.05) is 37.3 Å². The summed E-state index contributed by atoms with van der Waals surface area (Å²) in [6.07, 6.45) is 4.12. The summed E-state index contributed by atoms with van der Waals surface area (Å²) in [4.78, 5) is 47.6. The minimum atomic E-state index is -0.631. The number of nitrogens with one attached hydrogen (secondary N) is 2. The quantitative estimate of drug-likeness (QED) is 0.148. The van der Waals surface area contributed by atoms with Crippen molar-refractivity contribution in [1.82, 2.24) is 29.9 Å². The van der Waals surface area contributed by atoms with Crippen molar-refractivity contribution in [3.63, 3.8) is 0 Å². The van der Waals surface area contributed by atoms with Gasteiger partial charge in [-0.25, -0.2) is 14.1 Å². The first-order valence-electron chi connectivity index (χ1n) is 19.0. The van der Waals surface area contributed by atoms with Gasteiger partial charge in [0.1, 0.15) is 5.82 Å². The number of fused-ring (bicyclic) bond motifs is 1. The molecule has 0 bridgehead atoms. The Hall–Kier alpha value is -5.66. The van der Waals surface area contributed by atoms with E-state index in [1.54, 1.807) is 35.2 Å². The highest BCUT2D eigenvalue weighted by atomic mass is 19.1. The molecule has 3 aromatic carbocycles. The van der Waals surface area contributed by atoms with Crippen LogP contribution in [0.15, 0.2) is 72.9 Å². The number of halogens is 1. The second-order valence-electron chi connectivity index (χ2n) is 14.2. The number of ether oxygens (including phenoxy) is 1. The van der Waals surface area contributed by atoms with E-state index in [2.05, 4.69) is 20.6 Å². The molecule has 2 saturated heterocycles. The number of aryl methyl sites for hydroxylation is 2. The second-order valence-corrected chi connectivity index (χ2v) is 14.2. The Morgan fingerprint density at radius 3 is 2.58 bits per heavy atom. The van der Waals surface area contributed by atoms with E-state index in [0.29, 0.717) is 62.5 Å². The summed E-state index contributed by atoms with van der Waals surface area (Å²) in [5.41, 5.74) is 12.3. The molecule has 4 heterocycles. The number of aromatic nitrogens is 3. The summed E-state index contributed by atoms with van der Waals surface area (Å²) in [5.74, 6) is -1.34. The van der Waals surface area contributed by atoms with Crippen LogP contribution in [0.2, 0.25) is 0 Å². The van der Waals surface area contributed by atoms with Crippen molar-refractivity contribution >= 4 is 34.4 Å². The number of nitrogens with two attached hydrogens (primary N) is 1. The van der Waals surface area contributed by atoms with Crippen LogP contribution in [-0.2, 0) is 42.1 Å². The van der Waals surface area contributed by atoms with E-state index < -0.39 is 5.91 Å². The van der Waals surface area contributed by atoms with Gasteiger partial charge in [0.05, 0.1) is 30.4 Å². The minimum Gasteiger partial charge on any atom is -0.381 e. The Bertz CT molecular complexity index is 2220. The lowest BCUT2D eigenvalue weighted by Gasteiger charge is -2.29. The van der Waals surface area contributed by atoms with Crippen molar-refractivity contribution in [3.05, 3.63) is 112 Å². The molecule has 0 radical (unpaired) electrons.